The number of nitrogens with one attached hydrogen (secondary N) is 1. The molecule has 0 radical (unpaired) electrons. The van der Waals surface area contributed by atoms with Crippen molar-refractivity contribution in [3.63, 3.8) is 0 Å². The van der Waals surface area contributed by atoms with Gasteiger partial charge in [0.1, 0.15) is 17.3 Å². The zero-order valence-corrected chi connectivity index (χ0v) is 18.3. The minimum Gasteiger partial charge on any atom is -0.494 e. The largest absolute Gasteiger partial charge is 0.494 e. The third-order valence-electron chi connectivity index (χ3n) is 4.71. The fraction of sp³-hybridized carbons (Fsp3) is 0.208. The van der Waals surface area contributed by atoms with Crippen molar-refractivity contribution >= 4 is 17.5 Å². The molecule has 32 heavy (non-hydrogen) atoms. The van der Waals surface area contributed by atoms with Gasteiger partial charge in [0.15, 0.2) is 0 Å². The van der Waals surface area contributed by atoms with Crippen LogP contribution in [0.1, 0.15) is 25.0 Å². The summed E-state index contributed by atoms with van der Waals surface area (Å²) in [5, 5.41) is 7.50. The minimum absolute atomic E-state index is 0.129. The van der Waals surface area contributed by atoms with Gasteiger partial charge in [-0.2, -0.15) is 4.98 Å². The van der Waals surface area contributed by atoms with Crippen LogP contribution in [0.2, 0.25) is 5.02 Å². The van der Waals surface area contributed by atoms with E-state index in [0.717, 1.165) is 22.6 Å². The normalized spacial score (nSPS) is 10.8. The molecule has 0 bridgehead atoms. The number of hydrogen-bond donors (Lipinski definition) is 1. The molecule has 0 atom stereocenters. The lowest BCUT2D eigenvalue weighted by Crippen LogP contribution is -2.22. The first-order chi connectivity index (χ1) is 15.6. The van der Waals surface area contributed by atoms with E-state index in [1.807, 2.05) is 55.5 Å². The van der Waals surface area contributed by atoms with Gasteiger partial charge in [-0.25, -0.2) is 0 Å². The molecule has 164 valence electrons. The fourth-order valence-corrected chi connectivity index (χ4v) is 3.20. The molecule has 8 heteroatoms. The van der Waals surface area contributed by atoms with Gasteiger partial charge in [0.05, 0.1) is 13.2 Å². The Labute approximate surface area is 190 Å². The Balaban J connectivity index is 1.25. The third kappa shape index (κ3) is 5.56. The van der Waals surface area contributed by atoms with Crippen LogP contribution >= 0.6 is 11.6 Å². The number of carbonyl (C=O) groups is 1. The van der Waals surface area contributed by atoms with Crippen molar-refractivity contribution in [1.29, 1.82) is 0 Å². The molecule has 1 N–H and O–H groups in total. The van der Waals surface area contributed by atoms with E-state index in [4.69, 9.17) is 25.3 Å². The van der Waals surface area contributed by atoms with Crippen LogP contribution in [0.4, 0.5) is 0 Å². The van der Waals surface area contributed by atoms with Gasteiger partial charge in [-0.15, -0.1) is 0 Å². The monoisotopic (exact) mass is 451 g/mol. The summed E-state index contributed by atoms with van der Waals surface area (Å²) >= 11 is 5.91. The highest BCUT2D eigenvalue weighted by Gasteiger charge is 2.12. The van der Waals surface area contributed by atoms with Crippen LogP contribution in [-0.2, 0) is 17.8 Å². The predicted molar refractivity (Wildman–Crippen MR) is 120 cm³/mol. The lowest BCUT2D eigenvalue weighted by Gasteiger charge is -2.02. The van der Waals surface area contributed by atoms with E-state index in [2.05, 4.69) is 15.5 Å². The summed E-state index contributed by atoms with van der Waals surface area (Å²) in [5.74, 6) is 2.93. The molecule has 7 nitrogen and oxygen atoms in total. The maximum atomic E-state index is 12.2. The summed E-state index contributed by atoms with van der Waals surface area (Å²) < 4.78 is 16.5. The van der Waals surface area contributed by atoms with Gasteiger partial charge < -0.3 is 19.0 Å². The molecule has 2 heterocycles. The Bertz CT molecular complexity index is 1170. The SMILES string of the molecule is CCOc1ccc(-c2noc(CCC(=O)NCc3ccc(-c4ccc(Cl)cc4)o3)n2)cc1. The number of nitrogens with zero attached hydrogens (tertiary/aromatic N) is 2. The Morgan fingerprint density at radius 1 is 1.03 bits per heavy atom. The van der Waals surface area contributed by atoms with Crippen molar-refractivity contribution in [2.45, 2.75) is 26.3 Å². The molecule has 1 amide bonds. The maximum Gasteiger partial charge on any atom is 0.227 e. The van der Waals surface area contributed by atoms with E-state index in [0.29, 0.717) is 42.1 Å². The van der Waals surface area contributed by atoms with Crippen LogP contribution in [0.3, 0.4) is 0 Å². The second kappa shape index (κ2) is 10.2. The van der Waals surface area contributed by atoms with E-state index in [-0.39, 0.29) is 12.3 Å². The lowest BCUT2D eigenvalue weighted by atomic mass is 10.2. The number of halogens is 1. The summed E-state index contributed by atoms with van der Waals surface area (Å²) in [6.45, 7) is 2.84. The Morgan fingerprint density at radius 2 is 1.78 bits per heavy atom. The number of aromatic nitrogens is 2. The molecule has 0 aliphatic rings. The van der Waals surface area contributed by atoms with Crippen molar-refractivity contribution in [2.75, 3.05) is 6.61 Å². The average molecular weight is 452 g/mol. The molecule has 2 aromatic carbocycles. The quantitative estimate of drug-likeness (QED) is 0.371. The van der Waals surface area contributed by atoms with E-state index in [9.17, 15) is 4.79 Å². The van der Waals surface area contributed by atoms with Crippen molar-refractivity contribution < 1.29 is 18.5 Å². The standard InChI is InChI=1S/C24H22ClN3O4/c1-2-30-19-9-5-17(6-10-19)24-27-23(32-28-24)14-13-22(29)26-15-20-11-12-21(31-20)16-3-7-18(25)8-4-16/h3-12H,2,13-15H2,1H3,(H,26,29). The molecule has 0 fully saturated rings. The van der Waals surface area contributed by atoms with E-state index < -0.39 is 0 Å². The number of furan rings is 1. The van der Waals surface area contributed by atoms with Gasteiger partial charge in [-0.05, 0) is 67.6 Å². The van der Waals surface area contributed by atoms with Crippen LogP contribution in [0.25, 0.3) is 22.7 Å². The molecule has 4 aromatic rings. The van der Waals surface area contributed by atoms with Crippen molar-refractivity contribution in [3.05, 3.63) is 77.3 Å². The van der Waals surface area contributed by atoms with Gasteiger partial charge >= 0.3 is 0 Å². The first-order valence-electron chi connectivity index (χ1n) is 10.3. The predicted octanol–water partition coefficient (Wildman–Crippen LogP) is 5.30. The zero-order chi connectivity index (χ0) is 22.3. The number of benzene rings is 2. The van der Waals surface area contributed by atoms with Crippen LogP contribution in [0.5, 0.6) is 5.75 Å². The van der Waals surface area contributed by atoms with Crippen molar-refractivity contribution in [2.24, 2.45) is 0 Å². The number of aryl methyl sites for hydroxylation is 1. The van der Waals surface area contributed by atoms with Crippen LogP contribution < -0.4 is 10.1 Å². The summed E-state index contributed by atoms with van der Waals surface area (Å²) in [4.78, 5) is 16.6. The number of carbonyl (C=O) groups excluding carboxylic acids is 1. The van der Waals surface area contributed by atoms with Crippen LogP contribution in [-0.4, -0.2) is 22.7 Å². The zero-order valence-electron chi connectivity index (χ0n) is 17.5. The van der Waals surface area contributed by atoms with Crippen molar-refractivity contribution in [1.82, 2.24) is 15.5 Å². The minimum atomic E-state index is -0.129. The Kier molecular flexibility index (Phi) is 6.87. The second-order valence-electron chi connectivity index (χ2n) is 7.02. The van der Waals surface area contributed by atoms with Crippen LogP contribution in [0, 0.1) is 0 Å². The van der Waals surface area contributed by atoms with E-state index >= 15 is 0 Å². The molecule has 0 spiro atoms. The highest BCUT2D eigenvalue weighted by atomic mass is 35.5. The summed E-state index contributed by atoms with van der Waals surface area (Å²) in [6.07, 6.45) is 0.583. The molecular formula is C24H22ClN3O4. The van der Waals surface area contributed by atoms with E-state index in [1.54, 1.807) is 12.1 Å². The third-order valence-corrected chi connectivity index (χ3v) is 4.96. The smallest absolute Gasteiger partial charge is 0.227 e. The van der Waals surface area contributed by atoms with Gasteiger partial charge in [0.2, 0.25) is 17.6 Å². The molecule has 0 unspecified atom stereocenters. The Morgan fingerprint density at radius 3 is 2.53 bits per heavy atom. The summed E-state index contributed by atoms with van der Waals surface area (Å²) in [5.41, 5.74) is 1.74. The lowest BCUT2D eigenvalue weighted by molar-refractivity contribution is -0.121. The highest BCUT2D eigenvalue weighted by Crippen LogP contribution is 2.24. The number of amides is 1. The molecule has 2 aromatic heterocycles. The van der Waals surface area contributed by atoms with Gasteiger partial charge in [0.25, 0.3) is 0 Å². The molecule has 0 aliphatic carbocycles. The second-order valence-corrected chi connectivity index (χ2v) is 7.46. The van der Waals surface area contributed by atoms with E-state index in [1.165, 1.54) is 0 Å². The first-order valence-corrected chi connectivity index (χ1v) is 10.7. The van der Waals surface area contributed by atoms with Gasteiger partial charge in [0, 0.05) is 29.0 Å². The summed E-state index contributed by atoms with van der Waals surface area (Å²) in [6, 6.07) is 18.5. The van der Waals surface area contributed by atoms with Crippen LogP contribution in [0.15, 0.2) is 69.6 Å². The average Bonchev–Trinajstić information content (AvgIpc) is 3.48. The summed E-state index contributed by atoms with van der Waals surface area (Å²) in [7, 11) is 0. The molecule has 0 aliphatic heterocycles. The highest BCUT2D eigenvalue weighted by molar-refractivity contribution is 6.30. The van der Waals surface area contributed by atoms with Gasteiger partial charge in [-0.1, -0.05) is 16.8 Å². The topological polar surface area (TPSA) is 90.4 Å². The number of hydrogen-bond acceptors (Lipinski definition) is 6. The molecular weight excluding hydrogens is 430 g/mol. The molecule has 0 saturated carbocycles. The number of ether oxygens (including phenoxy) is 1. The fourth-order valence-electron chi connectivity index (χ4n) is 3.08. The Hall–Kier alpha value is -3.58. The molecule has 4 rings (SSSR count). The number of rotatable bonds is 9. The maximum absolute atomic E-state index is 12.2. The first kappa shape index (κ1) is 21.6. The molecule has 0 saturated heterocycles. The van der Waals surface area contributed by atoms with Crippen molar-refractivity contribution in [3.8, 4) is 28.5 Å². The van der Waals surface area contributed by atoms with Gasteiger partial charge in [-0.3, -0.25) is 4.79 Å².